The summed E-state index contributed by atoms with van der Waals surface area (Å²) in [7, 11) is 3.32. The molecule has 5 nitrogen and oxygen atoms in total. The van der Waals surface area contributed by atoms with Crippen molar-refractivity contribution < 1.29 is 24.1 Å². The molecule has 5 heteroatoms. The van der Waals surface area contributed by atoms with E-state index in [-0.39, 0.29) is 12.2 Å². The van der Waals surface area contributed by atoms with Crippen molar-refractivity contribution in [2.75, 3.05) is 34.0 Å². The van der Waals surface area contributed by atoms with Crippen molar-refractivity contribution in [3.8, 4) is 5.75 Å². The minimum Gasteiger partial charge on any atom is -0.488 e. The highest BCUT2D eigenvalue weighted by Crippen LogP contribution is 2.29. The number of hydrogen-bond acceptors (Lipinski definition) is 5. The van der Waals surface area contributed by atoms with Gasteiger partial charge in [0.1, 0.15) is 18.0 Å². The molecule has 0 spiro atoms. The Balaban J connectivity index is 1.80. The second-order valence-electron chi connectivity index (χ2n) is 5.17. The highest BCUT2D eigenvalue weighted by molar-refractivity contribution is 5.28. The molecule has 2 rings (SSSR count). The topological polar surface area (TPSA) is 57.2 Å². The van der Waals surface area contributed by atoms with Gasteiger partial charge in [-0.1, -0.05) is 12.1 Å². The molecule has 1 aromatic carbocycles. The fraction of sp³-hybridized carbons (Fsp3) is 0.625. The van der Waals surface area contributed by atoms with Crippen molar-refractivity contribution in [2.24, 2.45) is 0 Å². The molecule has 0 bridgehead atoms. The van der Waals surface area contributed by atoms with E-state index >= 15 is 0 Å². The molecule has 0 aliphatic heterocycles. The summed E-state index contributed by atoms with van der Waals surface area (Å²) in [6.07, 6.45) is 0.674. The zero-order chi connectivity index (χ0) is 15.1. The van der Waals surface area contributed by atoms with E-state index in [1.807, 2.05) is 24.3 Å². The highest BCUT2D eigenvalue weighted by Gasteiger charge is 2.42. The molecule has 0 radical (unpaired) electrons. The number of methoxy groups -OCH3 is 2. The summed E-state index contributed by atoms with van der Waals surface area (Å²) in [6.45, 7) is 1.70. The van der Waals surface area contributed by atoms with E-state index in [1.165, 1.54) is 5.56 Å². The Labute approximate surface area is 125 Å². The van der Waals surface area contributed by atoms with Crippen LogP contribution in [0.2, 0.25) is 0 Å². The summed E-state index contributed by atoms with van der Waals surface area (Å²) >= 11 is 0. The molecule has 1 N–H and O–H groups in total. The van der Waals surface area contributed by atoms with Crippen LogP contribution in [-0.4, -0.2) is 57.5 Å². The number of ether oxygens (including phenoxy) is 4. The first-order chi connectivity index (χ1) is 10.2. The van der Waals surface area contributed by atoms with Gasteiger partial charge in [0.2, 0.25) is 0 Å². The van der Waals surface area contributed by atoms with Crippen LogP contribution in [0.1, 0.15) is 12.0 Å². The zero-order valence-electron chi connectivity index (χ0n) is 12.7. The lowest BCUT2D eigenvalue weighted by Gasteiger charge is -2.40. The average Bonchev–Trinajstić information content (AvgIpc) is 2.50. The molecule has 0 heterocycles. The second-order valence-corrected chi connectivity index (χ2v) is 5.17. The number of aliphatic hydroxyl groups excluding tert-OH is 1. The van der Waals surface area contributed by atoms with Crippen LogP contribution in [0.15, 0.2) is 24.3 Å². The molecule has 0 amide bonds. The Bertz CT molecular complexity index is 406. The first kappa shape index (κ1) is 16.2. The Kier molecular flexibility index (Phi) is 6.45. The van der Waals surface area contributed by atoms with Crippen LogP contribution in [0.5, 0.6) is 5.75 Å². The number of benzene rings is 1. The van der Waals surface area contributed by atoms with Gasteiger partial charge in [-0.05, 0) is 24.1 Å². The Morgan fingerprint density at radius 2 is 1.76 bits per heavy atom. The number of aliphatic hydroxyl groups is 1. The molecule has 0 aromatic heterocycles. The minimum atomic E-state index is -0.451. The summed E-state index contributed by atoms with van der Waals surface area (Å²) in [6, 6.07) is 7.96. The summed E-state index contributed by atoms with van der Waals surface area (Å²) in [5, 5.41) is 9.74. The molecule has 1 saturated carbocycles. The fourth-order valence-electron chi connectivity index (χ4n) is 2.29. The lowest BCUT2D eigenvalue weighted by atomic mass is 9.88. The molecular formula is C16H24O5. The van der Waals surface area contributed by atoms with Crippen molar-refractivity contribution in [1.29, 1.82) is 0 Å². The first-order valence-electron chi connectivity index (χ1n) is 7.27. The molecule has 1 aliphatic carbocycles. The van der Waals surface area contributed by atoms with Crippen molar-refractivity contribution in [2.45, 2.75) is 31.2 Å². The molecule has 21 heavy (non-hydrogen) atoms. The third-order valence-corrected chi connectivity index (χ3v) is 3.62. The zero-order valence-corrected chi connectivity index (χ0v) is 12.7. The number of hydrogen-bond donors (Lipinski definition) is 1. The lowest BCUT2D eigenvalue weighted by Crippen LogP contribution is -2.55. The van der Waals surface area contributed by atoms with Gasteiger partial charge in [0.05, 0.1) is 25.9 Å². The average molecular weight is 296 g/mol. The molecule has 1 fully saturated rings. The van der Waals surface area contributed by atoms with Crippen LogP contribution < -0.4 is 4.74 Å². The normalized spacial score (nSPS) is 24.6. The van der Waals surface area contributed by atoms with E-state index in [4.69, 9.17) is 18.9 Å². The maximum Gasteiger partial charge on any atom is 0.130 e. The summed E-state index contributed by atoms with van der Waals surface area (Å²) < 4.78 is 21.4. The molecule has 3 unspecified atom stereocenters. The van der Waals surface area contributed by atoms with Crippen LogP contribution in [0.4, 0.5) is 0 Å². The number of rotatable bonds is 9. The summed E-state index contributed by atoms with van der Waals surface area (Å²) in [5.74, 6) is 0.799. The molecular weight excluding hydrogens is 272 g/mol. The van der Waals surface area contributed by atoms with Gasteiger partial charge in [-0.25, -0.2) is 0 Å². The van der Waals surface area contributed by atoms with Crippen LogP contribution in [0, 0.1) is 0 Å². The van der Waals surface area contributed by atoms with Gasteiger partial charge in [0, 0.05) is 20.6 Å². The van der Waals surface area contributed by atoms with Crippen LogP contribution in [0.3, 0.4) is 0 Å². The smallest absolute Gasteiger partial charge is 0.130 e. The van der Waals surface area contributed by atoms with Crippen LogP contribution in [0.25, 0.3) is 0 Å². The van der Waals surface area contributed by atoms with Gasteiger partial charge >= 0.3 is 0 Å². The molecule has 118 valence electrons. The van der Waals surface area contributed by atoms with Crippen LogP contribution >= 0.6 is 0 Å². The largest absolute Gasteiger partial charge is 0.488 e. The highest BCUT2D eigenvalue weighted by atomic mass is 16.6. The Morgan fingerprint density at radius 3 is 2.38 bits per heavy atom. The van der Waals surface area contributed by atoms with Crippen LogP contribution in [-0.2, 0) is 20.6 Å². The standard InChI is InChI=1S/C16H24O5/c1-18-8-7-12-3-5-13(6-4-12)21-15-11-14(17)16(15)20-10-9-19-2/h3-6,14-17H,7-11H2,1-2H3. The van der Waals surface area contributed by atoms with E-state index in [2.05, 4.69) is 0 Å². The van der Waals surface area contributed by atoms with E-state index in [0.29, 0.717) is 26.2 Å². The molecule has 0 saturated heterocycles. The minimum absolute atomic E-state index is 0.0957. The molecule has 3 atom stereocenters. The van der Waals surface area contributed by atoms with E-state index < -0.39 is 6.10 Å². The maximum absolute atomic E-state index is 9.74. The van der Waals surface area contributed by atoms with Crippen molar-refractivity contribution in [3.63, 3.8) is 0 Å². The van der Waals surface area contributed by atoms with E-state index in [1.54, 1.807) is 14.2 Å². The van der Waals surface area contributed by atoms with E-state index in [9.17, 15) is 5.11 Å². The summed E-state index contributed by atoms with van der Waals surface area (Å²) in [4.78, 5) is 0. The van der Waals surface area contributed by atoms with Crippen molar-refractivity contribution in [1.82, 2.24) is 0 Å². The van der Waals surface area contributed by atoms with Crippen molar-refractivity contribution in [3.05, 3.63) is 29.8 Å². The summed E-state index contributed by atoms with van der Waals surface area (Å²) in [5.41, 5.74) is 1.21. The third kappa shape index (κ3) is 4.68. The SMILES string of the molecule is COCCOC1C(O)CC1Oc1ccc(CCOC)cc1. The van der Waals surface area contributed by atoms with E-state index in [0.717, 1.165) is 12.2 Å². The predicted octanol–water partition coefficient (Wildman–Crippen LogP) is 1.42. The molecule has 1 aliphatic rings. The Morgan fingerprint density at radius 1 is 1.05 bits per heavy atom. The predicted molar refractivity (Wildman–Crippen MR) is 78.7 cm³/mol. The maximum atomic E-state index is 9.74. The fourth-order valence-corrected chi connectivity index (χ4v) is 2.29. The van der Waals surface area contributed by atoms with Crippen molar-refractivity contribution >= 4 is 0 Å². The quantitative estimate of drug-likeness (QED) is 0.698. The molecule has 1 aromatic rings. The Hall–Kier alpha value is -1.14. The monoisotopic (exact) mass is 296 g/mol. The first-order valence-corrected chi connectivity index (χ1v) is 7.27. The lowest BCUT2D eigenvalue weighted by molar-refractivity contribution is -0.167. The van der Waals surface area contributed by atoms with Gasteiger partial charge in [0.25, 0.3) is 0 Å². The van der Waals surface area contributed by atoms with Gasteiger partial charge in [-0.15, -0.1) is 0 Å². The van der Waals surface area contributed by atoms with Gasteiger partial charge in [-0.2, -0.15) is 0 Å². The van der Waals surface area contributed by atoms with Gasteiger partial charge in [-0.3, -0.25) is 0 Å². The van der Waals surface area contributed by atoms with Gasteiger partial charge < -0.3 is 24.1 Å². The van der Waals surface area contributed by atoms with Gasteiger partial charge in [0.15, 0.2) is 0 Å². The second kappa shape index (κ2) is 8.34. The third-order valence-electron chi connectivity index (χ3n) is 3.62.